The number of phenols is 1. The molecule has 3 heteroatoms. The first-order chi connectivity index (χ1) is 9.47. The number of rotatable bonds is 3. The van der Waals surface area contributed by atoms with Crippen LogP contribution in [0, 0.1) is 20.8 Å². The van der Waals surface area contributed by atoms with Crippen LogP contribution in [0.25, 0.3) is 0 Å². The molecule has 0 heterocycles. The predicted molar refractivity (Wildman–Crippen MR) is 78.7 cm³/mol. The lowest BCUT2D eigenvalue weighted by Gasteiger charge is -2.14. The molecule has 0 spiro atoms. The summed E-state index contributed by atoms with van der Waals surface area (Å²) in [6.07, 6.45) is 0. The molecule has 0 aliphatic heterocycles. The van der Waals surface area contributed by atoms with Gasteiger partial charge < -0.3 is 9.84 Å². The van der Waals surface area contributed by atoms with E-state index < -0.39 is 0 Å². The highest BCUT2D eigenvalue weighted by molar-refractivity contribution is 6.13. The van der Waals surface area contributed by atoms with Gasteiger partial charge in [-0.3, -0.25) is 4.79 Å². The Hall–Kier alpha value is -2.29. The number of ether oxygens (including phenoxy) is 1. The van der Waals surface area contributed by atoms with Crippen molar-refractivity contribution in [3.63, 3.8) is 0 Å². The van der Waals surface area contributed by atoms with Gasteiger partial charge in [0.15, 0.2) is 0 Å². The van der Waals surface area contributed by atoms with Gasteiger partial charge >= 0.3 is 0 Å². The van der Waals surface area contributed by atoms with Gasteiger partial charge in [0, 0.05) is 0 Å². The summed E-state index contributed by atoms with van der Waals surface area (Å²) in [7, 11) is 1.53. The van der Waals surface area contributed by atoms with Crippen LogP contribution in [0.5, 0.6) is 11.5 Å². The van der Waals surface area contributed by atoms with Gasteiger partial charge in [0.05, 0.1) is 18.2 Å². The number of aromatic hydroxyl groups is 1. The van der Waals surface area contributed by atoms with Crippen LogP contribution < -0.4 is 4.74 Å². The van der Waals surface area contributed by atoms with Crippen molar-refractivity contribution in [2.45, 2.75) is 20.8 Å². The van der Waals surface area contributed by atoms with E-state index >= 15 is 0 Å². The fraction of sp³-hybridized carbons (Fsp3) is 0.235. The molecule has 0 aliphatic carbocycles. The molecule has 0 unspecified atom stereocenters. The Bertz CT molecular complexity index is 672. The lowest BCUT2D eigenvalue weighted by Crippen LogP contribution is -2.08. The molecule has 2 aromatic carbocycles. The highest BCUT2D eigenvalue weighted by Crippen LogP contribution is 2.31. The third-order valence-corrected chi connectivity index (χ3v) is 3.72. The molecule has 0 atom stereocenters. The molecule has 2 aromatic rings. The van der Waals surface area contributed by atoms with Gasteiger partial charge in [0.2, 0.25) is 5.78 Å². The molecular weight excluding hydrogens is 252 g/mol. The molecule has 0 amide bonds. The second-order valence-electron chi connectivity index (χ2n) is 4.87. The lowest BCUT2D eigenvalue weighted by atomic mass is 9.92. The molecule has 20 heavy (non-hydrogen) atoms. The van der Waals surface area contributed by atoms with Crippen molar-refractivity contribution in [3.8, 4) is 11.5 Å². The molecule has 104 valence electrons. The van der Waals surface area contributed by atoms with Crippen LogP contribution in [-0.2, 0) is 0 Å². The first-order valence-corrected chi connectivity index (χ1v) is 6.44. The summed E-state index contributed by atoms with van der Waals surface area (Å²) < 4.78 is 5.22. The van der Waals surface area contributed by atoms with Crippen LogP contribution in [-0.4, -0.2) is 18.0 Å². The van der Waals surface area contributed by atoms with E-state index in [1.165, 1.54) is 7.11 Å². The molecule has 1 N–H and O–H groups in total. The summed E-state index contributed by atoms with van der Waals surface area (Å²) in [6.45, 7) is 5.72. The number of ketones is 1. The highest BCUT2D eigenvalue weighted by atomic mass is 16.5. The first kappa shape index (κ1) is 14.1. The Labute approximate surface area is 118 Å². The maximum absolute atomic E-state index is 12.7. The molecule has 0 bridgehead atoms. The minimum absolute atomic E-state index is 0.0153. The predicted octanol–water partition coefficient (Wildman–Crippen LogP) is 3.56. The number of aryl methyl sites for hydroxylation is 1. The zero-order chi connectivity index (χ0) is 14.9. The summed E-state index contributed by atoms with van der Waals surface area (Å²) in [4.78, 5) is 12.7. The van der Waals surface area contributed by atoms with Crippen LogP contribution in [0.2, 0.25) is 0 Å². The minimum atomic E-state index is -0.222. The third-order valence-electron chi connectivity index (χ3n) is 3.72. The zero-order valence-electron chi connectivity index (χ0n) is 12.2. The Morgan fingerprint density at radius 2 is 1.75 bits per heavy atom. The van der Waals surface area contributed by atoms with Gasteiger partial charge in [0.1, 0.15) is 11.5 Å². The maximum Gasteiger partial charge on any atom is 0.200 e. The number of hydrogen-bond acceptors (Lipinski definition) is 3. The van der Waals surface area contributed by atoms with Gasteiger partial charge in [-0.05, 0) is 55.7 Å². The quantitative estimate of drug-likeness (QED) is 0.867. The van der Waals surface area contributed by atoms with Gasteiger partial charge in [-0.15, -0.1) is 0 Å². The zero-order valence-corrected chi connectivity index (χ0v) is 12.2. The molecule has 0 saturated heterocycles. The number of carbonyl (C=O) groups is 1. The Kier molecular flexibility index (Phi) is 3.79. The molecule has 0 aliphatic rings. The average Bonchev–Trinajstić information content (AvgIpc) is 2.44. The minimum Gasteiger partial charge on any atom is -0.507 e. The topological polar surface area (TPSA) is 46.5 Å². The van der Waals surface area contributed by atoms with Crippen molar-refractivity contribution in [3.05, 3.63) is 58.1 Å². The fourth-order valence-electron chi connectivity index (χ4n) is 2.31. The van der Waals surface area contributed by atoms with E-state index in [-0.39, 0.29) is 11.5 Å². The average molecular weight is 270 g/mol. The monoisotopic (exact) mass is 270 g/mol. The van der Waals surface area contributed by atoms with Crippen LogP contribution in [0.15, 0.2) is 30.3 Å². The lowest BCUT2D eigenvalue weighted by molar-refractivity contribution is 0.103. The second kappa shape index (κ2) is 5.37. The molecule has 2 rings (SSSR count). The van der Waals surface area contributed by atoms with E-state index in [9.17, 15) is 9.90 Å². The van der Waals surface area contributed by atoms with Crippen molar-refractivity contribution in [1.82, 2.24) is 0 Å². The molecule has 0 radical (unpaired) electrons. The van der Waals surface area contributed by atoms with Crippen LogP contribution in [0.4, 0.5) is 0 Å². The maximum atomic E-state index is 12.7. The Morgan fingerprint density at radius 3 is 2.40 bits per heavy atom. The number of carbonyl (C=O) groups excluding carboxylic acids is 1. The van der Waals surface area contributed by atoms with E-state index in [4.69, 9.17) is 4.74 Å². The van der Waals surface area contributed by atoms with Crippen LogP contribution in [0.1, 0.15) is 32.6 Å². The van der Waals surface area contributed by atoms with Crippen molar-refractivity contribution in [2.24, 2.45) is 0 Å². The molecule has 0 aromatic heterocycles. The van der Waals surface area contributed by atoms with E-state index in [0.29, 0.717) is 16.9 Å². The normalized spacial score (nSPS) is 10.4. The number of para-hydroxylation sites is 1. The standard InChI is InChI=1S/C17H18O3/c1-10-9-14(18)16(12(3)11(10)2)17(19)13-7-5-6-8-15(13)20-4/h5-9,18H,1-4H3. The Morgan fingerprint density at radius 1 is 1.10 bits per heavy atom. The first-order valence-electron chi connectivity index (χ1n) is 6.44. The number of phenolic OH excluding ortho intramolecular Hbond substituents is 1. The van der Waals surface area contributed by atoms with Crippen LogP contribution in [0.3, 0.4) is 0 Å². The molecule has 0 saturated carbocycles. The summed E-state index contributed by atoms with van der Waals surface area (Å²) in [5, 5.41) is 10.1. The third kappa shape index (κ3) is 2.27. The fourth-order valence-corrected chi connectivity index (χ4v) is 2.31. The SMILES string of the molecule is COc1ccccc1C(=O)c1c(O)cc(C)c(C)c1C. The Balaban J connectivity index is 2.63. The van der Waals surface area contributed by atoms with Gasteiger partial charge in [-0.1, -0.05) is 12.1 Å². The van der Waals surface area contributed by atoms with Gasteiger partial charge in [-0.25, -0.2) is 0 Å². The smallest absolute Gasteiger partial charge is 0.200 e. The number of benzene rings is 2. The molecular formula is C17H18O3. The molecule has 0 fully saturated rings. The number of hydrogen-bond donors (Lipinski definition) is 1. The summed E-state index contributed by atoms with van der Waals surface area (Å²) in [5.74, 6) is 0.302. The number of methoxy groups -OCH3 is 1. The van der Waals surface area contributed by atoms with Gasteiger partial charge in [-0.2, -0.15) is 0 Å². The van der Waals surface area contributed by atoms with Crippen molar-refractivity contribution in [1.29, 1.82) is 0 Å². The van der Waals surface area contributed by atoms with E-state index in [2.05, 4.69) is 0 Å². The highest BCUT2D eigenvalue weighted by Gasteiger charge is 2.21. The molecule has 3 nitrogen and oxygen atoms in total. The van der Waals surface area contributed by atoms with Crippen molar-refractivity contribution < 1.29 is 14.6 Å². The van der Waals surface area contributed by atoms with Crippen LogP contribution >= 0.6 is 0 Å². The van der Waals surface area contributed by atoms with Crippen molar-refractivity contribution in [2.75, 3.05) is 7.11 Å². The second-order valence-corrected chi connectivity index (χ2v) is 4.87. The summed E-state index contributed by atoms with van der Waals surface area (Å²) in [6, 6.07) is 8.66. The van der Waals surface area contributed by atoms with E-state index in [0.717, 1.165) is 16.7 Å². The van der Waals surface area contributed by atoms with Crippen molar-refractivity contribution >= 4 is 5.78 Å². The summed E-state index contributed by atoms with van der Waals surface area (Å²) >= 11 is 0. The van der Waals surface area contributed by atoms with E-state index in [1.54, 1.807) is 24.3 Å². The largest absolute Gasteiger partial charge is 0.507 e. The summed E-state index contributed by atoms with van der Waals surface area (Å²) in [5.41, 5.74) is 3.59. The van der Waals surface area contributed by atoms with Gasteiger partial charge in [0.25, 0.3) is 0 Å². The van der Waals surface area contributed by atoms with E-state index in [1.807, 2.05) is 26.8 Å².